The summed E-state index contributed by atoms with van der Waals surface area (Å²) in [7, 11) is 5.09. The number of aromatic nitrogens is 2. The minimum atomic E-state index is -0.222. The van der Waals surface area contributed by atoms with Crippen LogP contribution in [0.4, 0.5) is 5.69 Å². The van der Waals surface area contributed by atoms with Crippen LogP contribution in [0.3, 0.4) is 0 Å². The molecule has 74 valence electrons. The minimum absolute atomic E-state index is 0.222. The van der Waals surface area contributed by atoms with E-state index in [-0.39, 0.29) is 6.29 Å². The van der Waals surface area contributed by atoms with Crippen molar-refractivity contribution < 1.29 is 9.47 Å². The highest BCUT2D eigenvalue weighted by Gasteiger charge is 2.04. The number of rotatable bonds is 5. The molecule has 0 saturated carbocycles. The maximum Gasteiger partial charge on any atom is 0.173 e. The van der Waals surface area contributed by atoms with E-state index in [2.05, 4.69) is 10.4 Å². The molecular weight excluding hydrogens is 170 g/mol. The predicted octanol–water partition coefficient (Wildman–Crippen LogP) is 0.451. The molecule has 5 heteroatoms. The summed E-state index contributed by atoms with van der Waals surface area (Å²) in [5.74, 6) is 0. The van der Waals surface area contributed by atoms with Crippen molar-refractivity contribution in [3.05, 3.63) is 12.4 Å². The van der Waals surface area contributed by atoms with E-state index in [1.807, 2.05) is 13.2 Å². The summed E-state index contributed by atoms with van der Waals surface area (Å²) in [6, 6.07) is 0. The number of methoxy groups -OCH3 is 2. The molecule has 1 aromatic rings. The Kier molecular flexibility index (Phi) is 3.72. The van der Waals surface area contributed by atoms with Crippen molar-refractivity contribution in [2.45, 2.75) is 6.29 Å². The van der Waals surface area contributed by atoms with Gasteiger partial charge in [0.1, 0.15) is 0 Å². The van der Waals surface area contributed by atoms with Gasteiger partial charge in [0.05, 0.1) is 18.4 Å². The first-order valence-electron chi connectivity index (χ1n) is 4.04. The maximum absolute atomic E-state index is 5.02. The van der Waals surface area contributed by atoms with E-state index >= 15 is 0 Å². The number of nitrogens with zero attached hydrogens (tertiary/aromatic N) is 2. The summed E-state index contributed by atoms with van der Waals surface area (Å²) in [5, 5.41) is 7.15. The highest BCUT2D eigenvalue weighted by atomic mass is 16.7. The van der Waals surface area contributed by atoms with E-state index in [0.29, 0.717) is 6.54 Å². The maximum atomic E-state index is 5.02. The Hall–Kier alpha value is -1.07. The number of ether oxygens (including phenoxy) is 2. The van der Waals surface area contributed by atoms with Crippen molar-refractivity contribution in [1.29, 1.82) is 0 Å². The molecule has 0 aliphatic heterocycles. The average Bonchev–Trinajstić information content (AvgIpc) is 2.53. The lowest BCUT2D eigenvalue weighted by atomic mass is 10.5. The van der Waals surface area contributed by atoms with Gasteiger partial charge >= 0.3 is 0 Å². The molecule has 0 fully saturated rings. The summed E-state index contributed by atoms with van der Waals surface area (Å²) < 4.78 is 11.8. The topological polar surface area (TPSA) is 48.3 Å². The minimum Gasteiger partial charge on any atom is -0.377 e. The molecule has 1 heterocycles. The van der Waals surface area contributed by atoms with Crippen LogP contribution in [-0.2, 0) is 16.5 Å². The van der Waals surface area contributed by atoms with E-state index in [1.54, 1.807) is 25.1 Å². The first-order chi connectivity index (χ1) is 6.26. The van der Waals surface area contributed by atoms with Crippen molar-refractivity contribution >= 4 is 5.69 Å². The molecule has 0 amide bonds. The van der Waals surface area contributed by atoms with Gasteiger partial charge in [-0.05, 0) is 0 Å². The lowest BCUT2D eigenvalue weighted by molar-refractivity contribution is -0.0914. The molecule has 0 saturated heterocycles. The van der Waals surface area contributed by atoms with Gasteiger partial charge in [0.15, 0.2) is 6.29 Å². The molecule has 0 unspecified atom stereocenters. The Labute approximate surface area is 77.6 Å². The quantitative estimate of drug-likeness (QED) is 0.677. The zero-order valence-corrected chi connectivity index (χ0v) is 8.15. The number of nitrogens with one attached hydrogen (secondary N) is 1. The number of anilines is 1. The van der Waals surface area contributed by atoms with Crippen LogP contribution < -0.4 is 5.32 Å². The Morgan fingerprint density at radius 3 is 2.69 bits per heavy atom. The lowest BCUT2D eigenvalue weighted by Crippen LogP contribution is -2.23. The van der Waals surface area contributed by atoms with Crippen molar-refractivity contribution in [3.8, 4) is 0 Å². The largest absolute Gasteiger partial charge is 0.377 e. The Bertz CT molecular complexity index is 245. The third kappa shape index (κ3) is 3.04. The van der Waals surface area contributed by atoms with Gasteiger partial charge in [-0.15, -0.1) is 0 Å². The monoisotopic (exact) mass is 185 g/mol. The van der Waals surface area contributed by atoms with Gasteiger partial charge in [0.2, 0.25) is 0 Å². The predicted molar refractivity (Wildman–Crippen MR) is 49.5 cm³/mol. The Morgan fingerprint density at radius 2 is 2.23 bits per heavy atom. The van der Waals surface area contributed by atoms with Gasteiger partial charge in [-0.1, -0.05) is 0 Å². The lowest BCUT2D eigenvalue weighted by Gasteiger charge is -2.13. The van der Waals surface area contributed by atoms with Crippen LogP contribution in [0.2, 0.25) is 0 Å². The number of hydrogen-bond acceptors (Lipinski definition) is 4. The molecule has 0 aliphatic rings. The van der Waals surface area contributed by atoms with Crippen molar-refractivity contribution in [3.63, 3.8) is 0 Å². The third-order valence-corrected chi connectivity index (χ3v) is 1.70. The van der Waals surface area contributed by atoms with E-state index in [4.69, 9.17) is 9.47 Å². The molecule has 1 rings (SSSR count). The molecule has 1 aromatic heterocycles. The molecule has 13 heavy (non-hydrogen) atoms. The van der Waals surface area contributed by atoms with Crippen LogP contribution in [0.15, 0.2) is 12.4 Å². The molecule has 0 aliphatic carbocycles. The molecule has 0 spiro atoms. The van der Waals surface area contributed by atoms with E-state index in [1.165, 1.54) is 0 Å². The normalized spacial score (nSPS) is 10.8. The van der Waals surface area contributed by atoms with Crippen LogP contribution in [0, 0.1) is 0 Å². The SMILES string of the molecule is COC(CNc1cnn(C)c1)OC. The second-order valence-electron chi connectivity index (χ2n) is 2.68. The molecular formula is C8H15N3O2. The van der Waals surface area contributed by atoms with Crippen LogP contribution in [0.5, 0.6) is 0 Å². The fourth-order valence-corrected chi connectivity index (χ4v) is 0.977. The van der Waals surface area contributed by atoms with Gasteiger partial charge in [-0.3, -0.25) is 4.68 Å². The van der Waals surface area contributed by atoms with Gasteiger partial charge in [0, 0.05) is 27.5 Å². The van der Waals surface area contributed by atoms with Crippen LogP contribution in [0.25, 0.3) is 0 Å². The van der Waals surface area contributed by atoms with E-state index in [0.717, 1.165) is 5.69 Å². The fourth-order valence-electron chi connectivity index (χ4n) is 0.977. The first kappa shape index (κ1) is 10.0. The van der Waals surface area contributed by atoms with Gasteiger partial charge < -0.3 is 14.8 Å². The summed E-state index contributed by atoms with van der Waals surface area (Å²) >= 11 is 0. The van der Waals surface area contributed by atoms with Crippen molar-refractivity contribution in [1.82, 2.24) is 9.78 Å². The summed E-state index contributed by atoms with van der Waals surface area (Å²) in [4.78, 5) is 0. The standard InChI is InChI=1S/C8H15N3O2/c1-11-6-7(4-10-11)9-5-8(12-2)13-3/h4,6,8-9H,5H2,1-3H3. The van der Waals surface area contributed by atoms with E-state index in [9.17, 15) is 0 Å². The van der Waals surface area contributed by atoms with Gasteiger partial charge in [-0.25, -0.2) is 0 Å². The highest BCUT2D eigenvalue weighted by Crippen LogP contribution is 2.03. The van der Waals surface area contributed by atoms with Gasteiger partial charge in [0.25, 0.3) is 0 Å². The molecule has 0 radical (unpaired) electrons. The zero-order chi connectivity index (χ0) is 9.68. The Balaban J connectivity index is 2.33. The zero-order valence-electron chi connectivity index (χ0n) is 8.15. The second kappa shape index (κ2) is 4.84. The fraction of sp³-hybridized carbons (Fsp3) is 0.625. The summed E-state index contributed by atoms with van der Waals surface area (Å²) in [6.45, 7) is 0.610. The molecule has 0 bridgehead atoms. The molecule has 0 atom stereocenters. The smallest absolute Gasteiger partial charge is 0.173 e. The van der Waals surface area contributed by atoms with Crippen LogP contribution >= 0.6 is 0 Å². The number of hydrogen-bond donors (Lipinski definition) is 1. The second-order valence-corrected chi connectivity index (χ2v) is 2.68. The van der Waals surface area contributed by atoms with Crippen molar-refractivity contribution in [2.24, 2.45) is 7.05 Å². The molecule has 5 nitrogen and oxygen atoms in total. The van der Waals surface area contributed by atoms with Crippen molar-refractivity contribution in [2.75, 3.05) is 26.1 Å². The Morgan fingerprint density at radius 1 is 1.54 bits per heavy atom. The number of aryl methyl sites for hydroxylation is 1. The van der Waals surface area contributed by atoms with Crippen LogP contribution in [-0.4, -0.2) is 36.8 Å². The average molecular weight is 185 g/mol. The van der Waals surface area contributed by atoms with E-state index < -0.39 is 0 Å². The first-order valence-corrected chi connectivity index (χ1v) is 4.04. The van der Waals surface area contributed by atoms with Gasteiger partial charge in [-0.2, -0.15) is 5.10 Å². The molecule has 0 aromatic carbocycles. The summed E-state index contributed by atoms with van der Waals surface area (Å²) in [6.07, 6.45) is 3.42. The summed E-state index contributed by atoms with van der Waals surface area (Å²) in [5.41, 5.74) is 0.960. The van der Waals surface area contributed by atoms with Crippen LogP contribution in [0.1, 0.15) is 0 Å². The third-order valence-electron chi connectivity index (χ3n) is 1.70. The molecule has 1 N–H and O–H groups in total. The highest BCUT2D eigenvalue weighted by molar-refractivity contribution is 5.37.